The molecule has 0 fully saturated rings. The van der Waals surface area contributed by atoms with Crippen LogP contribution in [-0.2, 0) is 36.8 Å². The van der Waals surface area contributed by atoms with Crippen LogP contribution in [0.15, 0.2) is 83.3 Å². The van der Waals surface area contributed by atoms with E-state index in [-0.39, 0.29) is 32.8 Å². The topological polar surface area (TPSA) is 87.7 Å². The molecule has 0 radical (unpaired) electrons. The summed E-state index contributed by atoms with van der Waals surface area (Å²) in [7, 11) is 3.15. The molecule has 1 N–H and O–H groups in total. The summed E-state index contributed by atoms with van der Waals surface area (Å²) in [6.45, 7) is 8.21. The zero-order valence-electron chi connectivity index (χ0n) is 26.3. The zero-order valence-corrected chi connectivity index (χ0v) is 27.9. The number of alkyl carbamates (subject to hydrolysis) is 1. The number of carbonyl (C=O) groups excluding carboxylic acids is 1. The van der Waals surface area contributed by atoms with Crippen molar-refractivity contribution in [2.24, 2.45) is 0 Å². The Labute approximate surface area is 269 Å². The normalized spacial score (nSPS) is 13.0. The third-order valence-electron chi connectivity index (χ3n) is 6.36. The molecule has 2 atom stereocenters. The Kier molecular flexibility index (Phi) is 15.1. The van der Waals surface area contributed by atoms with Gasteiger partial charge in [0.25, 0.3) is 0 Å². The van der Waals surface area contributed by atoms with E-state index in [1.54, 1.807) is 14.2 Å². The summed E-state index contributed by atoms with van der Waals surface area (Å²) in [6.07, 6.45) is -1.33. The lowest BCUT2D eigenvalue weighted by Gasteiger charge is -2.28. The maximum Gasteiger partial charge on any atom is 0.407 e. The molecule has 0 heterocycles. The fraction of sp³-hybridized carbons (Fsp3) is 0.441. The molecule has 0 saturated carbocycles. The Bertz CT molecular complexity index is 1200. The molecule has 3 aromatic rings. The SMILES string of the molecule is COCOC(CNC(=O)OC(C)(C)C)c1cccc(OC[C@@H](CN(Cc2ccccc2)Cc2ccccc2)OCOC)c1Br. The fourth-order valence-electron chi connectivity index (χ4n) is 4.44. The van der Waals surface area contributed by atoms with Crippen molar-refractivity contribution in [2.45, 2.75) is 51.7 Å². The largest absolute Gasteiger partial charge is 0.490 e. The molecule has 0 aromatic heterocycles. The van der Waals surface area contributed by atoms with Crippen molar-refractivity contribution in [3.8, 4) is 5.75 Å². The highest BCUT2D eigenvalue weighted by Crippen LogP contribution is 2.34. The summed E-state index contributed by atoms with van der Waals surface area (Å²) in [4.78, 5) is 14.7. The van der Waals surface area contributed by atoms with Gasteiger partial charge in [-0.25, -0.2) is 4.79 Å². The number of halogens is 1. The predicted octanol–water partition coefficient (Wildman–Crippen LogP) is 6.71. The van der Waals surface area contributed by atoms with E-state index in [2.05, 4.69) is 74.7 Å². The van der Waals surface area contributed by atoms with Gasteiger partial charge in [0.05, 0.1) is 11.0 Å². The van der Waals surface area contributed by atoms with Crippen LogP contribution in [0.2, 0.25) is 0 Å². The average Bonchev–Trinajstić information content (AvgIpc) is 2.99. The summed E-state index contributed by atoms with van der Waals surface area (Å²) in [5.41, 5.74) is 2.61. The van der Waals surface area contributed by atoms with Crippen molar-refractivity contribution < 1.29 is 33.2 Å². The molecule has 44 heavy (non-hydrogen) atoms. The quantitative estimate of drug-likeness (QED) is 0.149. The number of rotatable bonds is 18. The first-order valence-electron chi connectivity index (χ1n) is 14.6. The molecule has 0 saturated heterocycles. The van der Waals surface area contributed by atoms with Crippen molar-refractivity contribution in [1.29, 1.82) is 0 Å². The van der Waals surface area contributed by atoms with Gasteiger partial charge in [-0.15, -0.1) is 0 Å². The van der Waals surface area contributed by atoms with Gasteiger partial charge in [-0.05, 0) is 53.9 Å². The first kappa shape index (κ1) is 35.5. The van der Waals surface area contributed by atoms with Crippen LogP contribution < -0.4 is 10.1 Å². The summed E-state index contributed by atoms with van der Waals surface area (Å²) in [6, 6.07) is 26.4. The van der Waals surface area contributed by atoms with E-state index in [1.807, 2.05) is 51.1 Å². The highest BCUT2D eigenvalue weighted by Gasteiger charge is 2.23. The molecule has 0 aliphatic rings. The van der Waals surface area contributed by atoms with Gasteiger partial charge in [0.1, 0.15) is 43.8 Å². The molecule has 0 aliphatic carbocycles. The maximum absolute atomic E-state index is 12.3. The fourth-order valence-corrected chi connectivity index (χ4v) is 5.08. The van der Waals surface area contributed by atoms with Gasteiger partial charge >= 0.3 is 6.09 Å². The highest BCUT2D eigenvalue weighted by molar-refractivity contribution is 9.10. The Morgan fingerprint density at radius 2 is 1.43 bits per heavy atom. The van der Waals surface area contributed by atoms with Crippen molar-refractivity contribution in [3.63, 3.8) is 0 Å². The zero-order chi connectivity index (χ0) is 31.8. The molecule has 1 unspecified atom stereocenters. The van der Waals surface area contributed by atoms with Gasteiger partial charge in [-0.2, -0.15) is 0 Å². The number of nitrogens with one attached hydrogen (secondary N) is 1. The smallest absolute Gasteiger partial charge is 0.407 e. The second kappa shape index (κ2) is 18.7. The van der Waals surface area contributed by atoms with Crippen LogP contribution in [0, 0.1) is 0 Å². The van der Waals surface area contributed by atoms with E-state index in [0.717, 1.165) is 18.7 Å². The molecule has 240 valence electrons. The van der Waals surface area contributed by atoms with Crippen LogP contribution >= 0.6 is 15.9 Å². The molecule has 0 bridgehead atoms. The van der Waals surface area contributed by atoms with Gasteiger partial charge < -0.3 is 33.7 Å². The minimum absolute atomic E-state index is 0.0454. The Morgan fingerprint density at radius 3 is 2.00 bits per heavy atom. The van der Waals surface area contributed by atoms with Gasteiger partial charge in [0.2, 0.25) is 0 Å². The highest BCUT2D eigenvalue weighted by atomic mass is 79.9. The van der Waals surface area contributed by atoms with E-state index in [4.69, 9.17) is 28.4 Å². The Hall–Kier alpha value is -2.99. The van der Waals surface area contributed by atoms with Crippen LogP contribution in [0.1, 0.15) is 43.6 Å². The maximum atomic E-state index is 12.3. The number of hydrogen-bond acceptors (Lipinski definition) is 8. The number of nitrogens with zero attached hydrogens (tertiary/aromatic N) is 1. The lowest BCUT2D eigenvalue weighted by Crippen LogP contribution is -2.37. The van der Waals surface area contributed by atoms with Crippen LogP contribution in [0.3, 0.4) is 0 Å². The monoisotopic (exact) mass is 672 g/mol. The number of methoxy groups -OCH3 is 2. The predicted molar refractivity (Wildman–Crippen MR) is 173 cm³/mol. The molecule has 9 nitrogen and oxygen atoms in total. The van der Waals surface area contributed by atoms with Crippen molar-refractivity contribution in [3.05, 3.63) is 100 Å². The molecular formula is C34H45BrN2O7. The standard InChI is InChI=1S/C34H45BrN2O7/c1-34(2,3)44-33(38)36-19-31(43-25-40-5)29-17-12-18-30(32(29)35)41-23-28(42-24-39-4)22-37(20-26-13-8-6-9-14-26)21-27-15-10-7-11-16-27/h6-18,28,31H,19-25H2,1-5H3,(H,36,38)/t28-,31?/m1/s1. The minimum atomic E-state index is -0.611. The van der Waals surface area contributed by atoms with Gasteiger partial charge in [-0.3, -0.25) is 4.90 Å². The second-order valence-corrected chi connectivity index (χ2v) is 12.0. The summed E-state index contributed by atoms with van der Waals surface area (Å²) in [5.74, 6) is 0.620. The first-order valence-corrected chi connectivity index (χ1v) is 15.4. The van der Waals surface area contributed by atoms with Gasteiger partial charge in [0, 0.05) is 39.4 Å². The van der Waals surface area contributed by atoms with E-state index >= 15 is 0 Å². The Balaban J connectivity index is 1.74. The van der Waals surface area contributed by atoms with Gasteiger partial charge in [0.15, 0.2) is 0 Å². The number of amides is 1. The van der Waals surface area contributed by atoms with E-state index in [9.17, 15) is 4.79 Å². The molecular weight excluding hydrogens is 628 g/mol. The lowest BCUT2D eigenvalue weighted by molar-refractivity contribution is -0.0937. The number of ether oxygens (including phenoxy) is 6. The minimum Gasteiger partial charge on any atom is -0.490 e. The van der Waals surface area contributed by atoms with Crippen LogP contribution in [0.5, 0.6) is 5.75 Å². The van der Waals surface area contributed by atoms with E-state index in [1.165, 1.54) is 11.1 Å². The van der Waals surface area contributed by atoms with E-state index < -0.39 is 17.8 Å². The van der Waals surface area contributed by atoms with Crippen molar-refractivity contribution in [2.75, 3.05) is 47.5 Å². The van der Waals surface area contributed by atoms with Crippen LogP contribution in [0.4, 0.5) is 4.79 Å². The third-order valence-corrected chi connectivity index (χ3v) is 7.21. The molecule has 3 aromatic carbocycles. The lowest BCUT2D eigenvalue weighted by atomic mass is 10.1. The number of carbonyl (C=O) groups is 1. The van der Waals surface area contributed by atoms with Crippen LogP contribution in [0.25, 0.3) is 0 Å². The van der Waals surface area contributed by atoms with Crippen molar-refractivity contribution in [1.82, 2.24) is 10.2 Å². The summed E-state index contributed by atoms with van der Waals surface area (Å²) < 4.78 is 34.8. The van der Waals surface area contributed by atoms with Crippen molar-refractivity contribution >= 4 is 22.0 Å². The molecule has 1 amide bonds. The molecule has 10 heteroatoms. The summed E-state index contributed by atoms with van der Waals surface area (Å²) >= 11 is 3.71. The average molecular weight is 674 g/mol. The first-order chi connectivity index (χ1) is 21.2. The molecule has 0 aliphatic heterocycles. The Morgan fingerprint density at radius 1 is 0.841 bits per heavy atom. The third kappa shape index (κ3) is 12.9. The molecule has 0 spiro atoms. The van der Waals surface area contributed by atoms with E-state index in [0.29, 0.717) is 16.8 Å². The molecule has 3 rings (SSSR count). The summed E-state index contributed by atoms with van der Waals surface area (Å²) in [5, 5.41) is 2.79. The van der Waals surface area contributed by atoms with Gasteiger partial charge in [-0.1, -0.05) is 72.8 Å². The second-order valence-electron chi connectivity index (χ2n) is 11.3. The van der Waals surface area contributed by atoms with Crippen LogP contribution in [-0.4, -0.2) is 70.2 Å². The number of hydrogen-bond donors (Lipinski definition) is 1. The number of benzene rings is 3.